The number of halogens is 1. The van der Waals surface area contributed by atoms with Crippen molar-refractivity contribution in [3.63, 3.8) is 0 Å². The molecule has 0 saturated heterocycles. The molecule has 0 spiro atoms. The molecular weight excluding hydrogens is 329 g/mol. The fourth-order valence-electron chi connectivity index (χ4n) is 1.69. The van der Waals surface area contributed by atoms with Crippen molar-refractivity contribution in [2.75, 3.05) is 0 Å². The van der Waals surface area contributed by atoms with E-state index in [1.54, 1.807) is 11.3 Å². The first kappa shape index (κ1) is 12.1. The predicted octanol–water partition coefficient (Wildman–Crippen LogP) is 3.99. The normalized spacial score (nSPS) is 12.6. The first-order valence-corrected chi connectivity index (χ1v) is 7.30. The fraction of sp³-hybridized carbons (Fsp3) is 0.231. The summed E-state index contributed by atoms with van der Waals surface area (Å²) in [5.41, 5.74) is 8.87. The highest BCUT2D eigenvalue weighted by Gasteiger charge is 2.09. The molecule has 0 saturated carbocycles. The summed E-state index contributed by atoms with van der Waals surface area (Å²) in [5.74, 6) is 0. The van der Waals surface area contributed by atoms with Crippen LogP contribution in [0.1, 0.15) is 23.6 Å². The quantitative estimate of drug-likeness (QED) is 0.835. The monoisotopic (exact) mass is 343 g/mol. The van der Waals surface area contributed by atoms with Crippen molar-refractivity contribution in [2.45, 2.75) is 18.9 Å². The van der Waals surface area contributed by atoms with Crippen LogP contribution in [0.25, 0.3) is 0 Å². The van der Waals surface area contributed by atoms with Gasteiger partial charge in [-0.3, -0.25) is 0 Å². The molecule has 0 fully saturated rings. The van der Waals surface area contributed by atoms with Crippen LogP contribution in [0, 0.1) is 3.57 Å². The summed E-state index contributed by atoms with van der Waals surface area (Å²) < 4.78 is 1.26. The Labute approximate surface area is 114 Å². The van der Waals surface area contributed by atoms with Crippen molar-refractivity contribution in [1.29, 1.82) is 0 Å². The number of hydrogen-bond acceptors (Lipinski definition) is 2. The van der Waals surface area contributed by atoms with Crippen molar-refractivity contribution in [3.05, 3.63) is 55.8 Å². The average molecular weight is 343 g/mol. The molecule has 2 rings (SSSR count). The van der Waals surface area contributed by atoms with Crippen molar-refractivity contribution in [1.82, 2.24) is 0 Å². The Morgan fingerprint density at radius 1 is 1.25 bits per heavy atom. The summed E-state index contributed by atoms with van der Waals surface area (Å²) >= 11 is 4.10. The Balaban J connectivity index is 1.98. The smallest absolute Gasteiger partial charge is 0.0308 e. The summed E-state index contributed by atoms with van der Waals surface area (Å²) in [6, 6.07) is 10.7. The lowest BCUT2D eigenvalue weighted by Crippen LogP contribution is -2.12. The van der Waals surface area contributed by atoms with Crippen molar-refractivity contribution in [3.8, 4) is 0 Å². The molecular formula is C13H14INS. The molecule has 0 aliphatic carbocycles. The summed E-state index contributed by atoms with van der Waals surface area (Å²) in [7, 11) is 0. The van der Waals surface area contributed by atoms with Gasteiger partial charge in [0.2, 0.25) is 0 Å². The van der Waals surface area contributed by atoms with Crippen molar-refractivity contribution in [2.24, 2.45) is 5.73 Å². The van der Waals surface area contributed by atoms with E-state index in [1.807, 2.05) is 0 Å². The number of nitrogens with two attached hydrogens (primary N) is 1. The first-order chi connectivity index (χ1) is 7.77. The van der Waals surface area contributed by atoms with E-state index in [0.29, 0.717) is 0 Å². The molecule has 84 valence electrons. The van der Waals surface area contributed by atoms with Gasteiger partial charge >= 0.3 is 0 Å². The predicted molar refractivity (Wildman–Crippen MR) is 78.7 cm³/mol. The standard InChI is InChI=1S/C13H14INS/c14-12-4-2-1-3-11(12)13(15)6-5-10-7-8-16-9-10/h1-4,7-9,13H,5-6,15H2. The van der Waals surface area contributed by atoms with Gasteiger partial charge in [0.25, 0.3) is 0 Å². The Morgan fingerprint density at radius 3 is 2.75 bits per heavy atom. The maximum Gasteiger partial charge on any atom is 0.0308 e. The van der Waals surface area contributed by atoms with Gasteiger partial charge in [-0.15, -0.1) is 0 Å². The van der Waals surface area contributed by atoms with Gasteiger partial charge in [0.15, 0.2) is 0 Å². The lowest BCUT2D eigenvalue weighted by Gasteiger charge is -2.13. The van der Waals surface area contributed by atoms with Crippen LogP contribution in [-0.2, 0) is 6.42 Å². The molecule has 0 radical (unpaired) electrons. The van der Waals surface area contributed by atoms with Crippen LogP contribution in [0.2, 0.25) is 0 Å². The van der Waals surface area contributed by atoms with E-state index in [2.05, 4.69) is 63.7 Å². The van der Waals surface area contributed by atoms with Gasteiger partial charge in [-0.2, -0.15) is 11.3 Å². The van der Waals surface area contributed by atoms with Gasteiger partial charge in [-0.1, -0.05) is 18.2 Å². The summed E-state index contributed by atoms with van der Waals surface area (Å²) in [6.07, 6.45) is 2.08. The Hall–Kier alpha value is -0.390. The number of aryl methyl sites for hydroxylation is 1. The number of rotatable bonds is 4. The highest BCUT2D eigenvalue weighted by molar-refractivity contribution is 14.1. The van der Waals surface area contributed by atoms with Crippen LogP contribution < -0.4 is 5.73 Å². The molecule has 2 N–H and O–H groups in total. The molecule has 16 heavy (non-hydrogen) atoms. The maximum absolute atomic E-state index is 6.21. The minimum absolute atomic E-state index is 0.146. The van der Waals surface area contributed by atoms with Crippen LogP contribution in [0.3, 0.4) is 0 Å². The van der Waals surface area contributed by atoms with Gasteiger partial charge in [0, 0.05) is 9.61 Å². The number of thiophene rings is 1. The van der Waals surface area contributed by atoms with E-state index in [-0.39, 0.29) is 6.04 Å². The summed E-state index contributed by atoms with van der Waals surface area (Å²) in [6.45, 7) is 0. The van der Waals surface area contributed by atoms with Crippen LogP contribution in [0.15, 0.2) is 41.1 Å². The third-order valence-electron chi connectivity index (χ3n) is 2.63. The Kier molecular flexibility index (Phi) is 4.37. The zero-order valence-corrected chi connectivity index (χ0v) is 11.9. The highest BCUT2D eigenvalue weighted by atomic mass is 127. The van der Waals surface area contributed by atoms with E-state index in [4.69, 9.17) is 5.73 Å². The third-order valence-corrected chi connectivity index (χ3v) is 4.34. The number of hydrogen-bond donors (Lipinski definition) is 1. The summed E-state index contributed by atoms with van der Waals surface area (Å²) in [5, 5.41) is 4.32. The molecule has 1 heterocycles. The second kappa shape index (κ2) is 5.80. The largest absolute Gasteiger partial charge is 0.324 e. The van der Waals surface area contributed by atoms with E-state index in [9.17, 15) is 0 Å². The van der Waals surface area contributed by atoms with Crippen molar-refractivity contribution >= 4 is 33.9 Å². The van der Waals surface area contributed by atoms with Crippen LogP contribution in [0.5, 0.6) is 0 Å². The summed E-state index contributed by atoms with van der Waals surface area (Å²) in [4.78, 5) is 0. The maximum atomic E-state index is 6.21. The van der Waals surface area contributed by atoms with Gasteiger partial charge < -0.3 is 5.73 Å². The average Bonchev–Trinajstić information content (AvgIpc) is 2.79. The molecule has 1 aromatic carbocycles. The molecule has 0 aliphatic heterocycles. The van der Waals surface area contributed by atoms with E-state index in [1.165, 1.54) is 14.7 Å². The van der Waals surface area contributed by atoms with E-state index < -0.39 is 0 Å². The van der Waals surface area contributed by atoms with Gasteiger partial charge in [-0.25, -0.2) is 0 Å². The highest BCUT2D eigenvalue weighted by Crippen LogP contribution is 2.22. The van der Waals surface area contributed by atoms with Gasteiger partial charge in [0.05, 0.1) is 0 Å². The van der Waals surface area contributed by atoms with E-state index >= 15 is 0 Å². The zero-order valence-electron chi connectivity index (χ0n) is 8.90. The molecule has 0 aliphatic rings. The topological polar surface area (TPSA) is 26.0 Å². The number of benzene rings is 1. The Morgan fingerprint density at radius 2 is 2.06 bits per heavy atom. The van der Waals surface area contributed by atoms with Crippen LogP contribution >= 0.6 is 33.9 Å². The van der Waals surface area contributed by atoms with Crippen molar-refractivity contribution < 1.29 is 0 Å². The first-order valence-electron chi connectivity index (χ1n) is 5.28. The van der Waals surface area contributed by atoms with Gasteiger partial charge in [0.1, 0.15) is 0 Å². The van der Waals surface area contributed by atoms with E-state index in [0.717, 1.165) is 12.8 Å². The third kappa shape index (κ3) is 3.06. The van der Waals surface area contributed by atoms with Crippen LogP contribution in [-0.4, -0.2) is 0 Å². The molecule has 1 atom stereocenters. The molecule has 1 nitrogen and oxygen atoms in total. The Bertz CT molecular complexity index is 439. The molecule has 1 aromatic heterocycles. The molecule has 0 bridgehead atoms. The second-order valence-corrected chi connectivity index (χ2v) is 5.74. The molecule has 0 amide bonds. The second-order valence-electron chi connectivity index (χ2n) is 3.80. The molecule has 1 unspecified atom stereocenters. The minimum Gasteiger partial charge on any atom is -0.324 e. The zero-order chi connectivity index (χ0) is 11.4. The minimum atomic E-state index is 0.146. The molecule has 3 heteroatoms. The molecule has 2 aromatic rings. The fourth-order valence-corrected chi connectivity index (χ4v) is 3.18. The van der Waals surface area contributed by atoms with Crippen LogP contribution in [0.4, 0.5) is 0 Å². The lowest BCUT2D eigenvalue weighted by atomic mass is 10.0. The lowest BCUT2D eigenvalue weighted by molar-refractivity contribution is 0.649. The SMILES string of the molecule is NC(CCc1ccsc1)c1ccccc1I. The van der Waals surface area contributed by atoms with Gasteiger partial charge in [-0.05, 0) is 69.5 Å².